The normalized spacial score (nSPS) is 11.6. The largest absolute Gasteiger partial charge is 0.283 e. The second-order valence-corrected chi connectivity index (χ2v) is 16.3. The van der Waals surface area contributed by atoms with Crippen molar-refractivity contribution in [2.75, 3.05) is 5.75 Å². The number of hydrogen-bond acceptors (Lipinski definition) is 5. The van der Waals surface area contributed by atoms with Crippen LogP contribution < -0.4 is 16.1 Å². The summed E-state index contributed by atoms with van der Waals surface area (Å²) in [5.74, 6) is 0.619. The van der Waals surface area contributed by atoms with Gasteiger partial charge >= 0.3 is 0 Å². The van der Waals surface area contributed by atoms with E-state index in [0.717, 1.165) is 42.5 Å². The van der Waals surface area contributed by atoms with Crippen molar-refractivity contribution in [3.05, 3.63) is 210 Å². The summed E-state index contributed by atoms with van der Waals surface area (Å²) in [6.07, 6.45) is 2.01. The predicted octanol–water partition coefficient (Wildman–Crippen LogP) is 11.7. The highest BCUT2D eigenvalue weighted by atomic mass is 35.5. The van der Waals surface area contributed by atoms with Crippen LogP contribution in [0.4, 0.5) is 0 Å². The molecule has 1 N–H and O–H groups in total. The number of hydroxylamine groups is 1. The van der Waals surface area contributed by atoms with Crippen LogP contribution in [0, 0.1) is 0 Å². The van der Waals surface area contributed by atoms with Gasteiger partial charge in [-0.2, -0.15) is 0 Å². The first kappa shape index (κ1) is 35.3. The van der Waals surface area contributed by atoms with E-state index in [1.165, 1.54) is 0 Å². The lowest BCUT2D eigenvalue weighted by Gasteiger charge is -2.22. The van der Waals surface area contributed by atoms with Gasteiger partial charge in [-0.05, 0) is 107 Å². The summed E-state index contributed by atoms with van der Waals surface area (Å²) in [5, 5.41) is 1.88. The van der Waals surface area contributed by atoms with Gasteiger partial charge in [0, 0.05) is 36.1 Å². The number of nitrogens with one attached hydrogen (secondary N) is 1. The summed E-state index contributed by atoms with van der Waals surface area (Å²) in [4.78, 5) is 3.31. The first-order chi connectivity index (χ1) is 24.4. The summed E-state index contributed by atoms with van der Waals surface area (Å²) in [7, 11) is -3.50. The fourth-order valence-corrected chi connectivity index (χ4v) is 8.72. The average Bonchev–Trinajstić information content (AvgIpc) is 3.18. The number of thioether (sulfide) groups is 1. The molecule has 0 spiro atoms. The lowest BCUT2D eigenvalue weighted by Crippen LogP contribution is -2.24. The second kappa shape index (κ2) is 17.0. The van der Waals surface area contributed by atoms with Gasteiger partial charge in [0.1, 0.15) is 0 Å². The summed E-state index contributed by atoms with van der Waals surface area (Å²) in [6, 6.07) is 53.2. The second-order valence-electron chi connectivity index (χ2n) is 11.3. The molecular weight excluding hydrogens is 693 g/mol. The van der Waals surface area contributed by atoms with Crippen molar-refractivity contribution in [2.24, 2.45) is 0 Å². The van der Waals surface area contributed by atoms with Crippen LogP contribution in [0.3, 0.4) is 0 Å². The molecule has 3 nitrogen and oxygen atoms in total. The Balaban J connectivity index is 1.20. The molecule has 0 bridgehead atoms. The van der Waals surface area contributed by atoms with Gasteiger partial charge in [0.25, 0.3) is 7.37 Å². The molecule has 6 aromatic rings. The first-order valence-electron chi connectivity index (χ1n) is 16.0. The summed E-state index contributed by atoms with van der Waals surface area (Å²) in [6.45, 7) is 8.72. The van der Waals surface area contributed by atoms with E-state index in [1.54, 1.807) is 23.5 Å². The molecule has 0 aliphatic carbocycles. The molecule has 0 aliphatic rings. The Labute approximate surface area is 308 Å². The molecule has 0 fully saturated rings. The fourth-order valence-electron chi connectivity index (χ4n) is 5.14. The number of benzene rings is 6. The minimum atomic E-state index is -3.50. The monoisotopic (exact) mass is 727 g/mol. The molecule has 6 aromatic carbocycles. The van der Waals surface area contributed by atoms with E-state index in [-0.39, 0.29) is 0 Å². The number of halogens is 1. The molecule has 7 heteroatoms. The van der Waals surface area contributed by atoms with Crippen LogP contribution in [-0.2, 0) is 9.19 Å². The highest BCUT2D eigenvalue weighted by Crippen LogP contribution is 2.44. The van der Waals surface area contributed by atoms with Gasteiger partial charge < -0.3 is 0 Å². The predicted molar refractivity (Wildman–Crippen MR) is 215 cm³/mol. The van der Waals surface area contributed by atoms with Crippen LogP contribution in [0.5, 0.6) is 0 Å². The van der Waals surface area contributed by atoms with Crippen LogP contribution in [0.1, 0.15) is 16.7 Å². The third-order valence-electron chi connectivity index (χ3n) is 7.92. The van der Waals surface area contributed by atoms with Gasteiger partial charge in [0.05, 0.1) is 5.70 Å². The molecular formula is C43H35ClNO2PS2. The molecule has 0 amide bonds. The van der Waals surface area contributed by atoms with E-state index < -0.39 is 7.37 Å². The van der Waals surface area contributed by atoms with Crippen molar-refractivity contribution < 1.29 is 9.19 Å². The van der Waals surface area contributed by atoms with E-state index >= 15 is 0 Å². The Kier molecular flexibility index (Phi) is 12.0. The van der Waals surface area contributed by atoms with E-state index in [4.69, 9.17) is 16.2 Å². The molecule has 6 rings (SSSR count). The molecule has 0 unspecified atom stereocenters. The molecule has 0 radical (unpaired) electrons. The van der Waals surface area contributed by atoms with Crippen molar-refractivity contribution >= 4 is 64.2 Å². The van der Waals surface area contributed by atoms with Crippen LogP contribution >= 0.6 is 42.5 Å². The minimum Gasteiger partial charge on any atom is -0.280 e. The lowest BCUT2D eigenvalue weighted by molar-refractivity contribution is 0.247. The maximum absolute atomic E-state index is 14.6. The quantitative estimate of drug-likeness (QED) is 0.0523. The summed E-state index contributed by atoms with van der Waals surface area (Å²) in [5.41, 5.74) is 8.56. The standard InChI is InChI=1S/C43H35ClNO2PS2/c1-32(34-12-6-3-7-13-34)35-18-24-41(25-19-35)50-42-26-20-36(21-27-42)33(2)43(30-31-49-40-28-22-37(44)23-29-40)45-47-48(46,38-14-8-4-9-15-38)39-16-10-5-11-17-39/h3-30,45H,1-2,31H2/b43-30-. The van der Waals surface area contributed by atoms with Crippen molar-refractivity contribution in [3.63, 3.8) is 0 Å². The Morgan fingerprint density at radius 3 is 1.62 bits per heavy atom. The minimum absolute atomic E-state index is 0.595. The molecule has 0 heterocycles. The Bertz CT molecular complexity index is 2080. The van der Waals surface area contributed by atoms with Crippen LogP contribution in [0.25, 0.3) is 11.1 Å². The van der Waals surface area contributed by atoms with E-state index in [9.17, 15) is 4.57 Å². The lowest BCUT2D eigenvalue weighted by atomic mass is 10.00. The fraction of sp³-hybridized carbons (Fsp3) is 0.0233. The first-order valence-corrected chi connectivity index (χ1v) is 19.8. The van der Waals surface area contributed by atoms with Crippen molar-refractivity contribution in [1.29, 1.82) is 0 Å². The summed E-state index contributed by atoms with van der Waals surface area (Å²) < 4.78 is 20.8. The molecule has 0 aromatic heterocycles. The maximum Gasteiger partial charge on any atom is 0.283 e. The summed E-state index contributed by atoms with van der Waals surface area (Å²) >= 11 is 9.44. The molecule has 0 atom stereocenters. The van der Waals surface area contributed by atoms with Gasteiger partial charge in [-0.25, -0.2) is 4.62 Å². The van der Waals surface area contributed by atoms with Crippen LogP contribution in [0.2, 0.25) is 5.02 Å². The third-order valence-corrected chi connectivity index (χ3v) is 12.4. The van der Waals surface area contributed by atoms with E-state index in [1.807, 2.05) is 121 Å². The molecule has 248 valence electrons. The molecule has 0 saturated heterocycles. The number of hydrogen-bond donors (Lipinski definition) is 1. The Morgan fingerprint density at radius 2 is 1.08 bits per heavy atom. The van der Waals surface area contributed by atoms with E-state index in [2.05, 4.69) is 67.2 Å². The van der Waals surface area contributed by atoms with Crippen molar-refractivity contribution in [3.8, 4) is 0 Å². The molecule has 0 saturated carbocycles. The zero-order chi connectivity index (χ0) is 34.8. The number of allylic oxidation sites excluding steroid dienone is 1. The van der Waals surface area contributed by atoms with Crippen molar-refractivity contribution in [1.82, 2.24) is 5.48 Å². The maximum atomic E-state index is 14.6. The van der Waals surface area contributed by atoms with Crippen LogP contribution in [0.15, 0.2) is 203 Å². The van der Waals surface area contributed by atoms with Gasteiger partial charge in [-0.1, -0.05) is 128 Å². The smallest absolute Gasteiger partial charge is 0.280 e. The Hall–Kier alpha value is -4.48. The van der Waals surface area contributed by atoms with Gasteiger partial charge in [0.15, 0.2) is 0 Å². The highest BCUT2D eigenvalue weighted by Gasteiger charge is 2.29. The number of rotatable bonds is 14. The molecule has 0 aliphatic heterocycles. The van der Waals surface area contributed by atoms with Crippen molar-refractivity contribution in [2.45, 2.75) is 14.7 Å². The Morgan fingerprint density at radius 1 is 0.620 bits per heavy atom. The molecule has 50 heavy (non-hydrogen) atoms. The van der Waals surface area contributed by atoms with Gasteiger partial charge in [-0.3, -0.25) is 10.0 Å². The highest BCUT2D eigenvalue weighted by molar-refractivity contribution is 7.99. The zero-order valence-electron chi connectivity index (χ0n) is 27.2. The van der Waals surface area contributed by atoms with E-state index in [0.29, 0.717) is 27.1 Å². The van der Waals surface area contributed by atoms with Gasteiger partial charge in [0.2, 0.25) is 0 Å². The average molecular weight is 728 g/mol. The topological polar surface area (TPSA) is 38.3 Å². The van der Waals surface area contributed by atoms with Gasteiger partial charge in [-0.15, -0.1) is 11.8 Å². The third kappa shape index (κ3) is 9.00. The zero-order valence-corrected chi connectivity index (χ0v) is 30.5. The SMILES string of the molecule is C=C(/C(=C/CSc1ccc(Cl)cc1)NOP(=O)(c1ccccc1)c1ccccc1)c1ccc(Sc2ccc(C(=C)c3ccccc3)cc2)cc1. The van der Waals surface area contributed by atoms with Crippen LogP contribution in [-0.4, -0.2) is 5.75 Å².